The van der Waals surface area contributed by atoms with Crippen molar-refractivity contribution in [1.29, 1.82) is 5.26 Å². The molecule has 5 nitrogen and oxygen atoms in total. The molecule has 0 bridgehead atoms. The van der Waals surface area contributed by atoms with E-state index in [-0.39, 0.29) is 11.3 Å². The van der Waals surface area contributed by atoms with Crippen molar-refractivity contribution in [3.63, 3.8) is 0 Å². The summed E-state index contributed by atoms with van der Waals surface area (Å²) in [5.74, 6) is 0. The summed E-state index contributed by atoms with van der Waals surface area (Å²) in [7, 11) is 0. The van der Waals surface area contributed by atoms with Crippen molar-refractivity contribution in [2.45, 2.75) is 6.92 Å². The van der Waals surface area contributed by atoms with Gasteiger partial charge in [-0.25, -0.2) is 0 Å². The lowest BCUT2D eigenvalue weighted by Crippen LogP contribution is -1.99. The largest absolute Gasteiger partial charge is 0.385 e. The molecule has 1 aromatic carbocycles. The number of nitriles is 1. The molecule has 0 aliphatic rings. The minimum absolute atomic E-state index is 0.0802. The van der Waals surface area contributed by atoms with Gasteiger partial charge in [0.1, 0.15) is 11.6 Å². The fourth-order valence-corrected chi connectivity index (χ4v) is 1.09. The third-order valence-electron chi connectivity index (χ3n) is 1.70. The van der Waals surface area contributed by atoms with Crippen LogP contribution in [0.25, 0.3) is 0 Å². The number of nitrogens with one attached hydrogen (secondary N) is 1. The van der Waals surface area contributed by atoms with E-state index in [4.69, 9.17) is 5.26 Å². The topological polar surface area (TPSA) is 79.0 Å². The molecule has 0 aliphatic heterocycles. The van der Waals surface area contributed by atoms with E-state index in [0.29, 0.717) is 12.2 Å². The average molecular weight is 191 g/mol. The molecule has 14 heavy (non-hydrogen) atoms. The zero-order chi connectivity index (χ0) is 10.6. The number of benzene rings is 1. The van der Waals surface area contributed by atoms with E-state index in [1.807, 2.05) is 6.92 Å². The molecule has 0 amide bonds. The molecule has 0 saturated carbocycles. The summed E-state index contributed by atoms with van der Waals surface area (Å²) < 4.78 is 0. The van der Waals surface area contributed by atoms with Crippen molar-refractivity contribution in [1.82, 2.24) is 0 Å². The number of nitro groups is 1. The molecule has 0 atom stereocenters. The Bertz CT molecular complexity index is 396. The normalized spacial score (nSPS) is 9.14. The Morgan fingerprint density at radius 3 is 2.86 bits per heavy atom. The first kappa shape index (κ1) is 9.99. The lowest BCUT2D eigenvalue weighted by Gasteiger charge is -2.02. The van der Waals surface area contributed by atoms with Crippen LogP contribution in [0.5, 0.6) is 0 Å². The summed E-state index contributed by atoms with van der Waals surface area (Å²) in [5.41, 5.74) is 0.570. The highest BCUT2D eigenvalue weighted by Gasteiger charge is 2.13. The fourth-order valence-electron chi connectivity index (χ4n) is 1.09. The lowest BCUT2D eigenvalue weighted by atomic mass is 10.2. The number of hydrogen-bond donors (Lipinski definition) is 1. The van der Waals surface area contributed by atoms with Gasteiger partial charge in [0.2, 0.25) is 0 Å². The molecule has 5 heteroatoms. The molecule has 0 spiro atoms. The van der Waals surface area contributed by atoms with Crippen LogP contribution in [0.15, 0.2) is 18.2 Å². The molecule has 72 valence electrons. The van der Waals surface area contributed by atoms with E-state index in [1.165, 1.54) is 12.1 Å². The molecule has 1 N–H and O–H groups in total. The van der Waals surface area contributed by atoms with E-state index in [1.54, 1.807) is 12.1 Å². The van der Waals surface area contributed by atoms with Crippen LogP contribution in [-0.2, 0) is 0 Å². The molecule has 1 aromatic rings. The third-order valence-corrected chi connectivity index (χ3v) is 1.70. The lowest BCUT2D eigenvalue weighted by molar-refractivity contribution is -0.385. The molecular weight excluding hydrogens is 182 g/mol. The molecule has 0 fully saturated rings. The van der Waals surface area contributed by atoms with Gasteiger partial charge in [0, 0.05) is 18.3 Å². The molecule has 0 aliphatic carbocycles. The van der Waals surface area contributed by atoms with Gasteiger partial charge in [0.25, 0.3) is 5.69 Å². The number of anilines is 1. The van der Waals surface area contributed by atoms with Gasteiger partial charge in [-0.15, -0.1) is 0 Å². The minimum Gasteiger partial charge on any atom is -0.385 e. The number of rotatable bonds is 3. The summed E-state index contributed by atoms with van der Waals surface area (Å²) in [6.45, 7) is 2.58. The van der Waals surface area contributed by atoms with Crippen LogP contribution in [0.1, 0.15) is 12.5 Å². The highest BCUT2D eigenvalue weighted by molar-refractivity contribution is 5.58. The fraction of sp³-hybridized carbons (Fsp3) is 0.222. The van der Waals surface area contributed by atoms with E-state index >= 15 is 0 Å². The summed E-state index contributed by atoms with van der Waals surface area (Å²) in [4.78, 5) is 10.0. The van der Waals surface area contributed by atoms with Gasteiger partial charge in [-0.05, 0) is 19.1 Å². The van der Waals surface area contributed by atoms with Crippen LogP contribution in [0.2, 0.25) is 0 Å². The van der Waals surface area contributed by atoms with Crippen LogP contribution >= 0.6 is 0 Å². The summed E-state index contributed by atoms with van der Waals surface area (Å²) in [5, 5.41) is 22.1. The molecule has 0 radical (unpaired) electrons. The predicted octanol–water partition coefficient (Wildman–Crippen LogP) is 1.90. The summed E-state index contributed by atoms with van der Waals surface area (Å²) in [6, 6.07) is 6.23. The molecule has 0 aromatic heterocycles. The molecule has 0 heterocycles. The Balaban J connectivity index is 3.16. The monoisotopic (exact) mass is 191 g/mol. The molecule has 0 saturated heterocycles. The second kappa shape index (κ2) is 4.23. The standard InChI is InChI=1S/C9H9N3O2/c1-2-11-8-4-3-7(6-10)9(5-8)12(13)14/h3-5,11H,2H2,1H3. The van der Waals surface area contributed by atoms with Gasteiger partial charge in [-0.3, -0.25) is 10.1 Å². The highest BCUT2D eigenvalue weighted by atomic mass is 16.6. The summed E-state index contributed by atoms with van der Waals surface area (Å²) >= 11 is 0. The average Bonchev–Trinajstić information content (AvgIpc) is 2.18. The van der Waals surface area contributed by atoms with Gasteiger partial charge in [0.15, 0.2) is 0 Å². The Morgan fingerprint density at radius 1 is 1.64 bits per heavy atom. The van der Waals surface area contributed by atoms with E-state index in [9.17, 15) is 10.1 Å². The van der Waals surface area contributed by atoms with E-state index in [2.05, 4.69) is 5.32 Å². The maximum atomic E-state index is 10.6. The zero-order valence-corrected chi connectivity index (χ0v) is 7.65. The first-order valence-corrected chi connectivity index (χ1v) is 4.11. The van der Waals surface area contributed by atoms with E-state index < -0.39 is 4.92 Å². The number of hydrogen-bond acceptors (Lipinski definition) is 4. The molecular formula is C9H9N3O2. The van der Waals surface area contributed by atoms with Crippen molar-refractivity contribution in [2.75, 3.05) is 11.9 Å². The smallest absolute Gasteiger partial charge is 0.289 e. The summed E-state index contributed by atoms with van der Waals surface area (Å²) in [6.07, 6.45) is 0. The van der Waals surface area contributed by atoms with Gasteiger partial charge < -0.3 is 5.32 Å². The quantitative estimate of drug-likeness (QED) is 0.584. The Morgan fingerprint density at radius 2 is 2.36 bits per heavy atom. The Labute approximate surface area is 81.1 Å². The highest BCUT2D eigenvalue weighted by Crippen LogP contribution is 2.22. The maximum absolute atomic E-state index is 10.6. The first-order valence-electron chi connectivity index (χ1n) is 4.11. The second-order valence-electron chi connectivity index (χ2n) is 2.63. The molecule has 1 rings (SSSR count). The van der Waals surface area contributed by atoms with Crippen LogP contribution < -0.4 is 5.32 Å². The third kappa shape index (κ3) is 1.98. The van der Waals surface area contributed by atoms with Crippen LogP contribution in [-0.4, -0.2) is 11.5 Å². The van der Waals surface area contributed by atoms with Gasteiger partial charge in [-0.2, -0.15) is 5.26 Å². The van der Waals surface area contributed by atoms with Crippen LogP contribution in [0, 0.1) is 21.4 Å². The van der Waals surface area contributed by atoms with Crippen molar-refractivity contribution in [2.24, 2.45) is 0 Å². The van der Waals surface area contributed by atoms with Gasteiger partial charge in [0.05, 0.1) is 4.92 Å². The Kier molecular flexibility index (Phi) is 3.02. The van der Waals surface area contributed by atoms with E-state index in [0.717, 1.165) is 0 Å². The Hall–Kier alpha value is -2.09. The van der Waals surface area contributed by atoms with Crippen molar-refractivity contribution < 1.29 is 4.92 Å². The van der Waals surface area contributed by atoms with Crippen molar-refractivity contribution in [3.05, 3.63) is 33.9 Å². The maximum Gasteiger partial charge on any atom is 0.289 e. The number of nitrogens with zero attached hydrogens (tertiary/aromatic N) is 2. The molecule has 0 unspecified atom stereocenters. The first-order chi connectivity index (χ1) is 6.69. The SMILES string of the molecule is CCNc1ccc(C#N)c([N+](=O)[O-])c1. The van der Waals surface area contributed by atoms with Crippen LogP contribution in [0.4, 0.5) is 11.4 Å². The second-order valence-corrected chi connectivity index (χ2v) is 2.63. The van der Waals surface area contributed by atoms with Crippen molar-refractivity contribution >= 4 is 11.4 Å². The van der Waals surface area contributed by atoms with Crippen molar-refractivity contribution in [3.8, 4) is 6.07 Å². The van der Waals surface area contributed by atoms with Gasteiger partial charge >= 0.3 is 0 Å². The zero-order valence-electron chi connectivity index (χ0n) is 7.65. The number of nitro benzene ring substituents is 1. The minimum atomic E-state index is -0.556. The van der Waals surface area contributed by atoms with Crippen LogP contribution in [0.3, 0.4) is 0 Å². The van der Waals surface area contributed by atoms with Gasteiger partial charge in [-0.1, -0.05) is 0 Å². The predicted molar refractivity (Wildman–Crippen MR) is 52.0 cm³/mol.